The van der Waals surface area contributed by atoms with Crippen LogP contribution in [0.4, 0.5) is 17.6 Å². The van der Waals surface area contributed by atoms with E-state index in [0.717, 1.165) is 79.5 Å². The first-order valence-electron chi connectivity index (χ1n) is 36.0. The molecule has 0 spiro atoms. The van der Waals surface area contributed by atoms with Gasteiger partial charge in [-0.25, -0.2) is 13.2 Å². The highest BCUT2D eigenvalue weighted by molar-refractivity contribution is 9.10. The van der Waals surface area contributed by atoms with Crippen LogP contribution >= 0.6 is 43.5 Å². The molecule has 4 aliphatic carbocycles. The summed E-state index contributed by atoms with van der Waals surface area (Å²) >= 11 is 12.3. The molecule has 2 nitrogen and oxygen atoms in total. The summed E-state index contributed by atoms with van der Waals surface area (Å²) in [5, 5.41) is 9.75. The maximum absolute atomic E-state index is 13.1. The average molecular weight is 1440 g/mol. The molecule has 9 heteroatoms. The van der Waals surface area contributed by atoms with Gasteiger partial charge in [0.1, 0.15) is 17.3 Å². The van der Waals surface area contributed by atoms with Crippen molar-refractivity contribution in [1.82, 2.24) is 0 Å². The van der Waals surface area contributed by atoms with E-state index in [0.29, 0.717) is 60.0 Å². The minimum absolute atomic E-state index is 0.0924. The zero-order valence-electron chi connectivity index (χ0n) is 61.9. The number of alkyl halides is 3. The van der Waals surface area contributed by atoms with Gasteiger partial charge in [-0.3, -0.25) is 4.39 Å². The molecular weight excluding hydrogens is 1310 g/mol. The molecule has 5 aromatic rings. The van der Waals surface area contributed by atoms with E-state index in [-0.39, 0.29) is 31.3 Å². The number of phenolic OH excluding ortho intramolecular Hbond substituents is 1. The average Bonchev–Trinajstić information content (AvgIpc) is 1.71. The SMILES string of the molecule is CC(C)C1CCC(CF)CC1.CC(C)C1CCC(F)(F)CC1.CC(C)C1CCCCC1.CC(C)c1ccc(Br)cc1.CC(C)c1ccc(Br)cc1F.CC(C)c1ccc(Cl)cc1.CC(C)c1ccc(O)cc1.CC1CCC(C(C)C)CC1.COc1ccc(C(C)C)cc1. The highest BCUT2D eigenvalue weighted by Crippen LogP contribution is 2.39. The standard InChI is InChI=1S/C10H19F.C10H14O.C10H20.C9H10BrF.C9H11Br.C9H11Cl.C9H16F2.C9H12O.C9H18/c1-8(2)10-5-3-9(7-11)4-6-10;1-8(2)9-4-6-10(11-3)7-5-9;1-8(2)10-6-4-9(3)5-7-10;1-6(2)8-4-3-7(10)5-9(8)11;2*1-7(2)8-3-5-9(10)6-4-8;1-7(2)8-3-5-9(10,11)6-4-8;1-7(2)8-3-5-9(10)6-4-8;1-8(2)9-6-4-3-5-7-9/h8-10H,3-7H2,1-2H3;4-8H,1-3H3;8-10H,4-7H2,1-3H3;3-6H,1-2H3;2*3-7H,1-2H3;7-8H,3-6H2,1-2H3;3-7,10H,1-2H3;8-9H,3-7H2,1-2H3. The molecule has 93 heavy (non-hydrogen) atoms. The van der Waals surface area contributed by atoms with Crippen LogP contribution in [-0.2, 0) is 0 Å². The highest BCUT2D eigenvalue weighted by Gasteiger charge is 2.35. The third-order valence-corrected chi connectivity index (χ3v) is 20.6. The van der Waals surface area contributed by atoms with Gasteiger partial charge in [0.05, 0.1) is 13.8 Å². The lowest BCUT2D eigenvalue weighted by Crippen LogP contribution is -2.26. The predicted octanol–water partition coefficient (Wildman–Crippen LogP) is 29.7. The Balaban J connectivity index is 0.000000523. The molecule has 0 aromatic heterocycles. The van der Waals surface area contributed by atoms with Crippen molar-refractivity contribution in [1.29, 1.82) is 0 Å². The van der Waals surface area contributed by atoms with Gasteiger partial charge in [0.15, 0.2) is 0 Å². The van der Waals surface area contributed by atoms with Gasteiger partial charge in [-0.2, -0.15) is 0 Å². The summed E-state index contributed by atoms with van der Waals surface area (Å²) in [7, 11) is 1.68. The zero-order chi connectivity index (χ0) is 70.4. The lowest BCUT2D eigenvalue weighted by Gasteiger charge is -2.30. The van der Waals surface area contributed by atoms with E-state index in [1.54, 1.807) is 19.2 Å². The number of rotatable bonds is 11. The number of methoxy groups -OCH3 is 1. The number of aromatic hydroxyl groups is 1. The van der Waals surface area contributed by atoms with Gasteiger partial charge in [0.25, 0.3) is 0 Å². The molecule has 528 valence electrons. The Bertz CT molecular complexity index is 2460. The summed E-state index contributed by atoms with van der Waals surface area (Å²) in [6.07, 6.45) is 19.8. The van der Waals surface area contributed by atoms with Crippen LogP contribution in [0.1, 0.15) is 298 Å². The van der Waals surface area contributed by atoms with Crippen molar-refractivity contribution < 1.29 is 27.4 Å². The van der Waals surface area contributed by atoms with E-state index >= 15 is 0 Å². The lowest BCUT2D eigenvalue weighted by atomic mass is 9.77. The molecule has 4 fully saturated rings. The first kappa shape index (κ1) is 87.7. The molecule has 0 heterocycles. The Morgan fingerprint density at radius 2 is 0.796 bits per heavy atom. The van der Waals surface area contributed by atoms with Crippen molar-refractivity contribution in [2.24, 2.45) is 59.2 Å². The molecular formula is C84H131Br2ClF4O2. The van der Waals surface area contributed by atoms with Crippen molar-refractivity contribution in [3.63, 3.8) is 0 Å². The van der Waals surface area contributed by atoms with Crippen molar-refractivity contribution in [2.45, 2.75) is 276 Å². The van der Waals surface area contributed by atoms with E-state index in [1.807, 2.05) is 62.4 Å². The zero-order valence-corrected chi connectivity index (χ0v) is 65.8. The second-order valence-corrected chi connectivity index (χ2v) is 32.2. The molecule has 0 atom stereocenters. The first-order chi connectivity index (χ1) is 43.7. The monoisotopic (exact) mass is 1440 g/mol. The van der Waals surface area contributed by atoms with Crippen LogP contribution < -0.4 is 4.74 Å². The normalized spacial score (nSPS) is 18.7. The summed E-state index contributed by atoms with van der Waals surface area (Å²) in [6.45, 7) is 41.8. The molecule has 0 amide bonds. The summed E-state index contributed by atoms with van der Waals surface area (Å²) in [5.41, 5.74) is 6.12. The number of ether oxygens (including phenoxy) is 1. The van der Waals surface area contributed by atoms with Crippen molar-refractivity contribution >= 4 is 43.5 Å². The van der Waals surface area contributed by atoms with Gasteiger partial charge in [-0.05, 0) is 229 Å². The van der Waals surface area contributed by atoms with Crippen molar-refractivity contribution in [2.75, 3.05) is 13.8 Å². The van der Waals surface area contributed by atoms with E-state index in [2.05, 4.69) is 198 Å². The number of halogens is 7. The third-order valence-electron chi connectivity index (χ3n) is 19.4. The predicted molar refractivity (Wildman–Crippen MR) is 407 cm³/mol. The minimum atomic E-state index is -2.36. The summed E-state index contributed by atoms with van der Waals surface area (Å²) in [4.78, 5) is 0. The van der Waals surface area contributed by atoms with E-state index in [9.17, 15) is 17.6 Å². The summed E-state index contributed by atoms with van der Waals surface area (Å²) in [5.74, 6) is 9.54. The molecule has 4 saturated carbocycles. The van der Waals surface area contributed by atoms with Crippen LogP contribution in [0.15, 0.2) is 124 Å². The van der Waals surface area contributed by atoms with E-state index in [1.165, 1.54) is 98.9 Å². The summed E-state index contributed by atoms with van der Waals surface area (Å²) in [6, 6.07) is 37.1. The van der Waals surface area contributed by atoms with Gasteiger partial charge in [0.2, 0.25) is 5.92 Å². The molecule has 1 N–H and O–H groups in total. The molecule has 0 bridgehead atoms. The van der Waals surface area contributed by atoms with Gasteiger partial charge in [-0.1, -0.05) is 275 Å². The van der Waals surface area contributed by atoms with E-state index in [4.69, 9.17) is 21.4 Å². The molecule has 9 rings (SSSR count). The van der Waals surface area contributed by atoms with Crippen molar-refractivity contribution in [3.05, 3.63) is 163 Å². The topological polar surface area (TPSA) is 29.5 Å². The fraction of sp³-hybridized carbons (Fsp3) is 0.643. The van der Waals surface area contributed by atoms with Gasteiger partial charge in [0, 0.05) is 26.8 Å². The van der Waals surface area contributed by atoms with Crippen LogP contribution in [-0.4, -0.2) is 24.8 Å². The first-order valence-corrected chi connectivity index (χ1v) is 38.0. The largest absolute Gasteiger partial charge is 0.508 e. The fourth-order valence-corrected chi connectivity index (χ4v) is 12.7. The quantitative estimate of drug-likeness (QED) is 0.134. The van der Waals surface area contributed by atoms with E-state index < -0.39 is 5.92 Å². The van der Waals surface area contributed by atoms with Crippen LogP contribution in [0, 0.1) is 65.0 Å². The number of phenols is 1. The summed E-state index contributed by atoms with van der Waals surface area (Å²) < 4.78 is 57.6. The van der Waals surface area contributed by atoms with Gasteiger partial charge >= 0.3 is 0 Å². The van der Waals surface area contributed by atoms with Crippen LogP contribution in [0.2, 0.25) is 5.02 Å². The second kappa shape index (κ2) is 48.4. The Morgan fingerprint density at radius 1 is 0.452 bits per heavy atom. The number of hydrogen-bond donors (Lipinski definition) is 1. The minimum Gasteiger partial charge on any atom is -0.508 e. The Morgan fingerprint density at radius 3 is 1.14 bits per heavy atom. The third kappa shape index (κ3) is 39.6. The number of hydrogen-bond acceptors (Lipinski definition) is 2. The molecule has 4 aliphatic rings. The molecule has 0 radical (unpaired) electrons. The Kier molecular flexibility index (Phi) is 45.6. The van der Waals surface area contributed by atoms with Crippen molar-refractivity contribution in [3.8, 4) is 11.5 Å². The molecule has 0 saturated heterocycles. The Hall–Kier alpha value is -3.33. The smallest absolute Gasteiger partial charge is 0.248 e. The maximum atomic E-state index is 13.1. The second-order valence-electron chi connectivity index (χ2n) is 29.9. The fourth-order valence-electron chi connectivity index (χ4n) is 12.0. The van der Waals surface area contributed by atoms with Gasteiger partial charge in [-0.15, -0.1) is 0 Å². The Labute approximate surface area is 590 Å². The molecule has 0 aliphatic heterocycles. The van der Waals surface area contributed by atoms with Crippen LogP contribution in [0.3, 0.4) is 0 Å². The number of benzene rings is 5. The molecule has 0 unspecified atom stereocenters. The van der Waals surface area contributed by atoms with Gasteiger partial charge < -0.3 is 9.84 Å². The molecule has 5 aromatic carbocycles. The highest BCUT2D eigenvalue weighted by atomic mass is 79.9. The van der Waals surface area contributed by atoms with Crippen LogP contribution in [0.5, 0.6) is 11.5 Å². The maximum Gasteiger partial charge on any atom is 0.248 e. The lowest BCUT2D eigenvalue weighted by molar-refractivity contribution is -0.0504. The van der Waals surface area contributed by atoms with Crippen LogP contribution in [0.25, 0.3) is 0 Å².